The van der Waals surface area contributed by atoms with E-state index in [4.69, 9.17) is 4.74 Å². The van der Waals surface area contributed by atoms with E-state index in [1.54, 1.807) is 13.8 Å². The van der Waals surface area contributed by atoms with Crippen LogP contribution >= 0.6 is 0 Å². The number of benzene rings is 1. The molecule has 2 amide bonds. The van der Waals surface area contributed by atoms with Gasteiger partial charge in [-0.25, -0.2) is 9.59 Å². The molecule has 1 heterocycles. The lowest BCUT2D eigenvalue weighted by Crippen LogP contribution is -2.44. The smallest absolute Gasteiger partial charge is 0.328 e. The van der Waals surface area contributed by atoms with E-state index in [1.807, 2.05) is 6.92 Å². The fraction of sp³-hybridized carbons (Fsp3) is 0.474. The normalized spacial score (nSPS) is 12.0. The Kier molecular flexibility index (Phi) is 6.07. The number of esters is 1. The van der Waals surface area contributed by atoms with Crippen LogP contribution in [0.1, 0.15) is 43.2 Å². The number of aromatic nitrogens is 1. The van der Waals surface area contributed by atoms with E-state index in [-0.39, 0.29) is 0 Å². The van der Waals surface area contributed by atoms with Crippen molar-refractivity contribution in [3.8, 4) is 0 Å². The maximum absolute atomic E-state index is 12.0. The molecule has 0 aliphatic carbocycles. The number of nitrogens with one attached hydrogen (secondary N) is 3. The van der Waals surface area contributed by atoms with Crippen LogP contribution in [0.3, 0.4) is 0 Å². The van der Waals surface area contributed by atoms with Gasteiger partial charge in [-0.2, -0.15) is 0 Å². The third kappa shape index (κ3) is 4.32. The zero-order valence-electron chi connectivity index (χ0n) is 15.6. The number of urea groups is 1. The first-order valence-electron chi connectivity index (χ1n) is 8.69. The zero-order chi connectivity index (χ0) is 18.6. The molecule has 0 aliphatic heterocycles. The average Bonchev–Trinajstić information content (AvgIpc) is 2.89. The molecule has 0 saturated heterocycles. The van der Waals surface area contributed by atoms with Gasteiger partial charge < -0.3 is 20.4 Å². The topological polar surface area (TPSA) is 83.2 Å². The van der Waals surface area contributed by atoms with E-state index in [2.05, 4.69) is 41.6 Å². The Hall–Kier alpha value is -2.50. The van der Waals surface area contributed by atoms with Gasteiger partial charge in [0, 0.05) is 17.6 Å². The van der Waals surface area contributed by atoms with Gasteiger partial charge in [-0.05, 0) is 51.3 Å². The van der Waals surface area contributed by atoms with Crippen LogP contribution < -0.4 is 10.6 Å². The molecule has 0 bridgehead atoms. The third-order valence-electron chi connectivity index (χ3n) is 4.28. The first kappa shape index (κ1) is 18.8. The Morgan fingerprint density at radius 1 is 1.24 bits per heavy atom. The standard InChI is InChI=1S/C19H27N3O3/c1-6-16-12(4)15-9-11(3)8-14(17(15)22-16)10-20-19(24)21-13(5)18(23)25-7-2/h8-9,13,22H,6-7,10H2,1-5H3,(H2,20,21,24). The number of rotatable bonds is 6. The summed E-state index contributed by atoms with van der Waals surface area (Å²) in [4.78, 5) is 27.1. The second-order valence-electron chi connectivity index (χ2n) is 6.23. The van der Waals surface area contributed by atoms with Crippen LogP contribution in [0.25, 0.3) is 10.9 Å². The van der Waals surface area contributed by atoms with Gasteiger partial charge in [0.1, 0.15) is 6.04 Å². The summed E-state index contributed by atoms with van der Waals surface area (Å²) in [7, 11) is 0. The largest absolute Gasteiger partial charge is 0.464 e. The molecule has 2 rings (SSSR count). The number of ether oxygens (including phenoxy) is 1. The molecule has 0 fully saturated rings. The van der Waals surface area contributed by atoms with Crippen molar-refractivity contribution in [2.24, 2.45) is 0 Å². The molecule has 0 saturated carbocycles. The van der Waals surface area contributed by atoms with E-state index in [9.17, 15) is 9.59 Å². The quantitative estimate of drug-likeness (QED) is 0.704. The highest BCUT2D eigenvalue weighted by atomic mass is 16.5. The lowest BCUT2D eigenvalue weighted by Gasteiger charge is -2.14. The van der Waals surface area contributed by atoms with Crippen molar-refractivity contribution in [3.63, 3.8) is 0 Å². The van der Waals surface area contributed by atoms with Crippen LogP contribution in [0.2, 0.25) is 0 Å². The first-order chi connectivity index (χ1) is 11.9. The van der Waals surface area contributed by atoms with Gasteiger partial charge in [0.2, 0.25) is 0 Å². The molecule has 0 radical (unpaired) electrons. The Balaban J connectivity index is 2.10. The van der Waals surface area contributed by atoms with Gasteiger partial charge in [0.05, 0.1) is 12.1 Å². The number of hydrogen-bond acceptors (Lipinski definition) is 3. The van der Waals surface area contributed by atoms with Gasteiger partial charge in [0.25, 0.3) is 0 Å². The first-order valence-corrected chi connectivity index (χ1v) is 8.69. The fourth-order valence-corrected chi connectivity index (χ4v) is 2.95. The summed E-state index contributed by atoms with van der Waals surface area (Å²) in [6.07, 6.45) is 0.934. The van der Waals surface area contributed by atoms with Crippen molar-refractivity contribution in [1.29, 1.82) is 0 Å². The Morgan fingerprint density at radius 2 is 1.96 bits per heavy atom. The molecular formula is C19H27N3O3. The summed E-state index contributed by atoms with van der Waals surface area (Å²) in [5.41, 5.74) is 5.69. The Labute approximate surface area is 148 Å². The second kappa shape index (κ2) is 8.05. The molecule has 1 aromatic heterocycles. The van der Waals surface area contributed by atoms with Gasteiger partial charge >= 0.3 is 12.0 Å². The van der Waals surface area contributed by atoms with E-state index in [0.717, 1.165) is 23.1 Å². The second-order valence-corrected chi connectivity index (χ2v) is 6.23. The number of H-pyrrole nitrogens is 1. The summed E-state index contributed by atoms with van der Waals surface area (Å²) < 4.78 is 4.88. The van der Waals surface area contributed by atoms with E-state index < -0.39 is 18.0 Å². The monoisotopic (exact) mass is 345 g/mol. The Bertz CT molecular complexity index is 780. The molecule has 25 heavy (non-hydrogen) atoms. The van der Waals surface area contributed by atoms with E-state index >= 15 is 0 Å². The predicted octanol–water partition coefficient (Wildman–Crippen LogP) is 3.10. The van der Waals surface area contributed by atoms with Gasteiger partial charge in [-0.3, -0.25) is 0 Å². The van der Waals surface area contributed by atoms with Crippen LogP contribution in [-0.4, -0.2) is 29.6 Å². The minimum Gasteiger partial charge on any atom is -0.464 e. The molecule has 6 heteroatoms. The van der Waals surface area contributed by atoms with Crippen LogP contribution in [0, 0.1) is 13.8 Å². The van der Waals surface area contributed by atoms with Crippen molar-refractivity contribution in [2.45, 2.75) is 53.6 Å². The number of carbonyl (C=O) groups excluding carboxylic acids is 2. The van der Waals surface area contributed by atoms with Crippen molar-refractivity contribution in [2.75, 3.05) is 6.61 Å². The predicted molar refractivity (Wildman–Crippen MR) is 98.6 cm³/mol. The molecule has 136 valence electrons. The highest BCUT2D eigenvalue weighted by Gasteiger charge is 2.17. The van der Waals surface area contributed by atoms with E-state index in [0.29, 0.717) is 13.2 Å². The van der Waals surface area contributed by atoms with Crippen molar-refractivity contribution in [1.82, 2.24) is 15.6 Å². The summed E-state index contributed by atoms with van der Waals surface area (Å²) in [5.74, 6) is -0.442. The maximum atomic E-state index is 12.0. The number of hydrogen-bond donors (Lipinski definition) is 3. The van der Waals surface area contributed by atoms with Crippen LogP contribution in [0.15, 0.2) is 12.1 Å². The van der Waals surface area contributed by atoms with Crippen LogP contribution in [0.4, 0.5) is 4.79 Å². The van der Waals surface area contributed by atoms with Crippen molar-refractivity contribution >= 4 is 22.9 Å². The van der Waals surface area contributed by atoms with Gasteiger partial charge in [0.15, 0.2) is 0 Å². The molecule has 2 aromatic rings. The highest BCUT2D eigenvalue weighted by molar-refractivity contribution is 5.88. The molecule has 1 atom stereocenters. The van der Waals surface area contributed by atoms with Gasteiger partial charge in [-0.15, -0.1) is 0 Å². The number of aromatic amines is 1. The number of fused-ring (bicyclic) bond motifs is 1. The lowest BCUT2D eigenvalue weighted by molar-refractivity contribution is -0.144. The summed E-state index contributed by atoms with van der Waals surface area (Å²) >= 11 is 0. The molecule has 6 nitrogen and oxygen atoms in total. The molecular weight excluding hydrogens is 318 g/mol. The minimum absolute atomic E-state index is 0.291. The van der Waals surface area contributed by atoms with E-state index in [1.165, 1.54) is 16.6 Å². The number of amides is 2. The average molecular weight is 345 g/mol. The minimum atomic E-state index is -0.683. The lowest BCUT2D eigenvalue weighted by atomic mass is 10.0. The molecule has 1 unspecified atom stereocenters. The van der Waals surface area contributed by atoms with Crippen LogP contribution in [-0.2, 0) is 22.5 Å². The SMILES string of the molecule is CCOC(=O)C(C)NC(=O)NCc1cc(C)cc2c(C)c(CC)[nH]c12. The summed E-state index contributed by atoms with van der Waals surface area (Å²) in [6.45, 7) is 10.3. The summed E-state index contributed by atoms with van der Waals surface area (Å²) in [5, 5.41) is 6.59. The van der Waals surface area contributed by atoms with Crippen LogP contribution in [0.5, 0.6) is 0 Å². The molecule has 0 spiro atoms. The Morgan fingerprint density at radius 3 is 2.60 bits per heavy atom. The number of carbonyl (C=O) groups is 2. The van der Waals surface area contributed by atoms with Crippen molar-refractivity contribution in [3.05, 3.63) is 34.5 Å². The zero-order valence-corrected chi connectivity index (χ0v) is 15.6. The molecule has 0 aliphatic rings. The highest BCUT2D eigenvalue weighted by Crippen LogP contribution is 2.26. The molecule has 1 aromatic carbocycles. The number of aryl methyl sites for hydroxylation is 3. The maximum Gasteiger partial charge on any atom is 0.328 e. The van der Waals surface area contributed by atoms with Gasteiger partial charge in [-0.1, -0.05) is 18.6 Å². The third-order valence-corrected chi connectivity index (χ3v) is 4.28. The molecule has 3 N–H and O–H groups in total. The fourth-order valence-electron chi connectivity index (χ4n) is 2.95. The summed E-state index contributed by atoms with van der Waals surface area (Å²) in [6, 6.07) is 3.14. The van der Waals surface area contributed by atoms with Crippen molar-refractivity contribution < 1.29 is 14.3 Å².